The van der Waals surface area contributed by atoms with E-state index in [9.17, 15) is 21.6 Å². The van der Waals surface area contributed by atoms with Crippen LogP contribution in [0.15, 0.2) is 0 Å². The van der Waals surface area contributed by atoms with Crippen molar-refractivity contribution in [2.24, 2.45) is 0 Å². The summed E-state index contributed by atoms with van der Waals surface area (Å²) in [6.07, 6.45) is -1.21. The number of alkyl halides is 5. The molecule has 0 aromatic rings. The Morgan fingerprint density at radius 1 is 1.46 bits per heavy atom. The van der Waals surface area contributed by atoms with Gasteiger partial charge in [0.25, 0.3) is 0 Å². The number of hydrogen-bond acceptors (Lipinski definition) is 3. The van der Waals surface area contributed by atoms with Crippen molar-refractivity contribution in [1.82, 2.24) is 0 Å². The number of hydrogen-bond donors (Lipinski definition) is 0. The second-order valence-corrected chi connectivity index (χ2v) is 4.45. The highest BCUT2D eigenvalue weighted by Gasteiger charge is 2.48. The maximum atomic E-state index is 11.7. The van der Waals surface area contributed by atoms with Crippen LogP contribution in [0.3, 0.4) is 0 Å². The van der Waals surface area contributed by atoms with Crippen molar-refractivity contribution in [2.45, 2.75) is 11.6 Å². The van der Waals surface area contributed by atoms with Crippen molar-refractivity contribution < 1.29 is 25.8 Å². The summed E-state index contributed by atoms with van der Waals surface area (Å²) in [5.74, 6) is -0.347. The molecule has 0 saturated carbocycles. The van der Waals surface area contributed by atoms with Gasteiger partial charge in [0.15, 0.2) is 0 Å². The molecule has 3 nitrogen and oxygen atoms in total. The molecule has 0 fully saturated rings. The first kappa shape index (κ1) is 13.5. The van der Waals surface area contributed by atoms with E-state index in [2.05, 4.69) is 20.1 Å². The lowest BCUT2D eigenvalue weighted by molar-refractivity contribution is -0.0560. The highest BCUT2D eigenvalue weighted by atomic mass is 79.9. The summed E-state index contributed by atoms with van der Waals surface area (Å²) in [6, 6.07) is 0. The van der Waals surface area contributed by atoms with E-state index in [4.69, 9.17) is 11.6 Å². The molecule has 0 aliphatic carbocycles. The van der Waals surface area contributed by atoms with Crippen molar-refractivity contribution in [1.29, 1.82) is 0 Å². The fraction of sp³-hybridized carbons (Fsp3) is 1.00. The summed E-state index contributed by atoms with van der Waals surface area (Å²) in [7, 11) is -5.54. The zero-order valence-corrected chi connectivity index (χ0v) is 9.17. The predicted octanol–water partition coefficient (Wildman–Crippen LogP) is 1.85. The third-order valence-electron chi connectivity index (χ3n) is 0.890. The van der Waals surface area contributed by atoms with Crippen molar-refractivity contribution in [2.75, 3.05) is 11.2 Å². The molecule has 80 valence electrons. The van der Waals surface area contributed by atoms with Gasteiger partial charge in [0, 0.05) is 5.33 Å². The summed E-state index contributed by atoms with van der Waals surface area (Å²) in [4.78, 5) is 0. The minimum absolute atomic E-state index is 0.0915. The summed E-state index contributed by atoms with van der Waals surface area (Å²) >= 11 is 7.89. The standard InChI is InChI=1S/C4H5BrClF3O3S/c5-1-3(2-6)12-13(10,11)4(7,8)9/h3H,1-2H2/t3-/m0/s1. The normalized spacial score (nSPS) is 15.8. The van der Waals surface area contributed by atoms with Gasteiger partial charge < -0.3 is 0 Å². The molecule has 0 aliphatic heterocycles. The lowest BCUT2D eigenvalue weighted by atomic mass is 10.5. The van der Waals surface area contributed by atoms with Gasteiger partial charge in [0.05, 0.1) is 5.88 Å². The lowest BCUT2D eigenvalue weighted by Gasteiger charge is -2.13. The van der Waals surface area contributed by atoms with Crippen LogP contribution < -0.4 is 0 Å². The van der Waals surface area contributed by atoms with Gasteiger partial charge in [-0.25, -0.2) is 0 Å². The Morgan fingerprint density at radius 3 is 2.15 bits per heavy atom. The minimum atomic E-state index is -5.54. The molecule has 0 aromatic heterocycles. The van der Waals surface area contributed by atoms with E-state index in [-0.39, 0.29) is 11.2 Å². The van der Waals surface area contributed by atoms with E-state index < -0.39 is 21.7 Å². The second kappa shape index (κ2) is 4.81. The molecule has 0 rings (SSSR count). The lowest BCUT2D eigenvalue weighted by Crippen LogP contribution is -2.31. The SMILES string of the molecule is O=S(=O)(O[C@H](CCl)CBr)C(F)(F)F. The Bertz CT molecular complexity index is 248. The van der Waals surface area contributed by atoms with E-state index in [1.54, 1.807) is 0 Å². The average molecular weight is 305 g/mol. The molecule has 9 heteroatoms. The fourth-order valence-corrected chi connectivity index (χ4v) is 1.98. The first-order chi connectivity index (χ1) is 5.74. The molecule has 0 spiro atoms. The first-order valence-electron chi connectivity index (χ1n) is 2.86. The van der Waals surface area contributed by atoms with Crippen molar-refractivity contribution >= 4 is 37.6 Å². The fourth-order valence-electron chi connectivity index (χ4n) is 0.326. The largest absolute Gasteiger partial charge is 0.523 e. The van der Waals surface area contributed by atoms with Gasteiger partial charge in [-0.2, -0.15) is 21.6 Å². The molecular formula is C4H5BrClF3O3S. The van der Waals surface area contributed by atoms with Gasteiger partial charge >= 0.3 is 15.6 Å². The topological polar surface area (TPSA) is 43.4 Å². The van der Waals surface area contributed by atoms with E-state index in [0.29, 0.717) is 0 Å². The third kappa shape index (κ3) is 4.01. The van der Waals surface area contributed by atoms with E-state index >= 15 is 0 Å². The van der Waals surface area contributed by atoms with E-state index in [1.165, 1.54) is 0 Å². The van der Waals surface area contributed by atoms with Crippen LogP contribution in [-0.4, -0.2) is 31.2 Å². The zero-order chi connectivity index (χ0) is 10.7. The third-order valence-corrected chi connectivity index (χ3v) is 3.05. The quantitative estimate of drug-likeness (QED) is 0.452. The van der Waals surface area contributed by atoms with Crippen LogP contribution in [0.2, 0.25) is 0 Å². The highest BCUT2D eigenvalue weighted by molar-refractivity contribution is 9.09. The summed E-state index contributed by atoms with van der Waals surface area (Å²) < 4.78 is 59.6. The Hall–Kier alpha value is 0.470. The van der Waals surface area contributed by atoms with Crippen LogP contribution in [0.4, 0.5) is 13.2 Å². The van der Waals surface area contributed by atoms with Gasteiger partial charge in [-0.05, 0) is 0 Å². The Balaban J connectivity index is 4.52. The molecule has 0 heterocycles. The smallest absolute Gasteiger partial charge is 0.258 e. The van der Waals surface area contributed by atoms with E-state index in [1.807, 2.05) is 0 Å². The Kier molecular flexibility index (Phi) is 4.98. The Morgan fingerprint density at radius 2 is 1.92 bits per heavy atom. The molecule has 0 saturated heterocycles. The van der Waals surface area contributed by atoms with Crippen LogP contribution in [0.5, 0.6) is 0 Å². The van der Waals surface area contributed by atoms with Crippen molar-refractivity contribution in [3.8, 4) is 0 Å². The number of halogens is 5. The Labute approximate surface area is 86.4 Å². The van der Waals surface area contributed by atoms with Crippen LogP contribution in [-0.2, 0) is 14.3 Å². The van der Waals surface area contributed by atoms with Crippen LogP contribution in [0.25, 0.3) is 0 Å². The predicted molar refractivity (Wildman–Crippen MR) is 44.4 cm³/mol. The van der Waals surface area contributed by atoms with Crippen LogP contribution in [0.1, 0.15) is 0 Å². The molecule has 0 N–H and O–H groups in total. The highest BCUT2D eigenvalue weighted by Crippen LogP contribution is 2.26. The maximum absolute atomic E-state index is 11.7. The second-order valence-electron chi connectivity index (χ2n) is 1.93. The van der Waals surface area contributed by atoms with Gasteiger partial charge in [0.1, 0.15) is 6.10 Å². The summed E-state index contributed by atoms with van der Waals surface area (Å²) in [6.45, 7) is 0. The molecule has 0 bridgehead atoms. The molecule has 1 atom stereocenters. The van der Waals surface area contributed by atoms with E-state index in [0.717, 1.165) is 0 Å². The molecule has 0 aromatic carbocycles. The summed E-state index contributed by atoms with van der Waals surface area (Å²) in [5.41, 5.74) is -5.40. The van der Waals surface area contributed by atoms with Crippen molar-refractivity contribution in [3.05, 3.63) is 0 Å². The van der Waals surface area contributed by atoms with Crippen molar-refractivity contribution in [3.63, 3.8) is 0 Å². The monoisotopic (exact) mass is 304 g/mol. The van der Waals surface area contributed by atoms with Gasteiger partial charge in [-0.1, -0.05) is 15.9 Å². The zero-order valence-electron chi connectivity index (χ0n) is 6.01. The molecule has 0 radical (unpaired) electrons. The molecule has 13 heavy (non-hydrogen) atoms. The van der Waals surface area contributed by atoms with Gasteiger partial charge in [0.2, 0.25) is 0 Å². The first-order valence-corrected chi connectivity index (χ1v) is 5.92. The maximum Gasteiger partial charge on any atom is 0.523 e. The average Bonchev–Trinajstić information content (AvgIpc) is 1.98. The van der Waals surface area contributed by atoms with Gasteiger partial charge in [-0.3, -0.25) is 4.18 Å². The van der Waals surface area contributed by atoms with Crippen LogP contribution in [0, 0.1) is 0 Å². The van der Waals surface area contributed by atoms with Crippen LogP contribution >= 0.6 is 27.5 Å². The molecule has 0 unspecified atom stereocenters. The van der Waals surface area contributed by atoms with Gasteiger partial charge in [-0.15, -0.1) is 11.6 Å². The summed E-state index contributed by atoms with van der Waals surface area (Å²) in [5, 5.41) is -0.0915. The minimum Gasteiger partial charge on any atom is -0.258 e. The molecule has 0 amide bonds. The number of rotatable bonds is 4. The molecular weight excluding hydrogens is 300 g/mol. The molecule has 0 aliphatic rings.